The first-order valence-corrected chi connectivity index (χ1v) is 10.8. The minimum Gasteiger partial charge on any atom is -0.487 e. The van der Waals surface area contributed by atoms with Crippen molar-refractivity contribution in [3.05, 3.63) is 54.4 Å². The Morgan fingerprint density at radius 1 is 1.21 bits per heavy atom. The Balaban J connectivity index is 1.61. The molecule has 4 rings (SSSR count). The summed E-state index contributed by atoms with van der Waals surface area (Å²) in [5.41, 5.74) is 0.653. The monoisotopic (exact) mass is 401 g/mol. The van der Waals surface area contributed by atoms with Crippen LogP contribution in [0.25, 0.3) is 0 Å². The first kappa shape index (κ1) is 18.9. The van der Waals surface area contributed by atoms with Crippen LogP contribution in [0.1, 0.15) is 24.8 Å². The number of nitrogens with zero attached hydrogens (tertiary/aromatic N) is 2. The van der Waals surface area contributed by atoms with Gasteiger partial charge in [0.1, 0.15) is 17.9 Å². The van der Waals surface area contributed by atoms with Gasteiger partial charge in [0.2, 0.25) is 15.9 Å². The van der Waals surface area contributed by atoms with E-state index in [-0.39, 0.29) is 23.4 Å². The van der Waals surface area contributed by atoms with Gasteiger partial charge in [-0.1, -0.05) is 18.2 Å². The van der Waals surface area contributed by atoms with Gasteiger partial charge in [0.15, 0.2) is 0 Å². The number of pyridine rings is 1. The molecule has 0 spiro atoms. The molecule has 2 heterocycles. The van der Waals surface area contributed by atoms with Crippen molar-refractivity contribution in [2.45, 2.75) is 49.3 Å². The lowest BCUT2D eigenvalue weighted by molar-refractivity contribution is -0.124. The number of aromatic nitrogens is 1. The lowest BCUT2D eigenvalue weighted by Gasteiger charge is -2.23. The van der Waals surface area contributed by atoms with Crippen molar-refractivity contribution in [2.24, 2.45) is 0 Å². The van der Waals surface area contributed by atoms with Crippen LogP contribution in [0.5, 0.6) is 5.75 Å². The van der Waals surface area contributed by atoms with Crippen LogP contribution in [0.2, 0.25) is 0 Å². The van der Waals surface area contributed by atoms with Crippen LogP contribution in [-0.2, 0) is 14.8 Å². The molecule has 1 saturated heterocycles. The van der Waals surface area contributed by atoms with Gasteiger partial charge in [-0.3, -0.25) is 9.78 Å². The number of rotatable bonds is 6. The van der Waals surface area contributed by atoms with Gasteiger partial charge in [0.25, 0.3) is 0 Å². The fraction of sp³-hybridized carbons (Fsp3) is 0.400. The topological polar surface area (TPSA) is 88.6 Å². The molecule has 1 aromatic carbocycles. The maximum absolute atomic E-state index is 13.3. The summed E-state index contributed by atoms with van der Waals surface area (Å²) in [6.45, 7) is 1.88. The molecule has 1 aliphatic heterocycles. The van der Waals surface area contributed by atoms with E-state index < -0.39 is 22.2 Å². The largest absolute Gasteiger partial charge is 0.487 e. The van der Waals surface area contributed by atoms with Crippen molar-refractivity contribution in [3.8, 4) is 5.75 Å². The number of hydrogen-bond acceptors (Lipinski definition) is 5. The second-order valence-corrected chi connectivity index (χ2v) is 9.16. The van der Waals surface area contributed by atoms with Gasteiger partial charge in [0, 0.05) is 18.7 Å². The Labute approximate surface area is 164 Å². The van der Waals surface area contributed by atoms with E-state index in [2.05, 4.69) is 10.3 Å². The smallest absolute Gasteiger partial charge is 0.244 e. The Morgan fingerprint density at radius 3 is 2.68 bits per heavy atom. The molecule has 1 aliphatic carbocycles. The zero-order valence-electron chi connectivity index (χ0n) is 15.6. The molecule has 148 valence electrons. The Hall–Kier alpha value is -2.45. The number of hydrogen-bond donors (Lipinski definition) is 1. The van der Waals surface area contributed by atoms with Crippen LogP contribution in [0.15, 0.2) is 53.7 Å². The number of ether oxygens (including phenoxy) is 1. The molecule has 1 N–H and O–H groups in total. The first-order chi connectivity index (χ1) is 13.4. The van der Waals surface area contributed by atoms with Crippen LogP contribution in [0, 0.1) is 6.92 Å². The van der Waals surface area contributed by atoms with Crippen molar-refractivity contribution in [2.75, 3.05) is 6.54 Å². The molecule has 8 heteroatoms. The number of nitrogens with one attached hydrogen (secondary N) is 1. The van der Waals surface area contributed by atoms with Gasteiger partial charge in [0.05, 0.1) is 17.6 Å². The summed E-state index contributed by atoms with van der Waals surface area (Å²) >= 11 is 0. The Kier molecular flexibility index (Phi) is 5.07. The number of amides is 1. The number of aryl methyl sites for hydroxylation is 1. The summed E-state index contributed by atoms with van der Waals surface area (Å²) < 4.78 is 33.9. The fourth-order valence-corrected chi connectivity index (χ4v) is 5.32. The van der Waals surface area contributed by atoms with Crippen LogP contribution in [0.4, 0.5) is 0 Å². The van der Waals surface area contributed by atoms with Crippen molar-refractivity contribution in [1.29, 1.82) is 0 Å². The number of benzene rings is 1. The van der Waals surface area contributed by atoms with Crippen LogP contribution in [0.3, 0.4) is 0 Å². The van der Waals surface area contributed by atoms with E-state index in [9.17, 15) is 13.2 Å². The number of carbonyl (C=O) groups is 1. The minimum atomic E-state index is -3.83. The molecule has 2 atom stereocenters. The number of sulfonamides is 1. The average Bonchev–Trinajstić information content (AvgIpc) is 3.38. The molecular weight excluding hydrogens is 378 g/mol. The SMILES string of the molecule is Cc1ccccc1S(=O)(=O)N1C[C@@H](Oc2cccnc2)C[C@H]1C(=O)NC1CC1. The summed E-state index contributed by atoms with van der Waals surface area (Å²) in [5.74, 6) is 0.306. The molecule has 1 saturated carbocycles. The highest BCUT2D eigenvalue weighted by Gasteiger charge is 2.46. The lowest BCUT2D eigenvalue weighted by atomic mass is 10.2. The molecule has 2 aromatic rings. The van der Waals surface area contributed by atoms with E-state index in [4.69, 9.17) is 4.74 Å². The second kappa shape index (κ2) is 7.52. The molecule has 0 bridgehead atoms. The van der Waals surface area contributed by atoms with Gasteiger partial charge >= 0.3 is 0 Å². The molecule has 2 aliphatic rings. The quantitative estimate of drug-likeness (QED) is 0.798. The zero-order valence-corrected chi connectivity index (χ0v) is 16.4. The van der Waals surface area contributed by atoms with Crippen molar-refractivity contribution in [1.82, 2.24) is 14.6 Å². The summed E-state index contributed by atoms with van der Waals surface area (Å²) in [6.07, 6.45) is 4.99. The highest BCUT2D eigenvalue weighted by Crippen LogP contribution is 2.31. The molecule has 0 unspecified atom stereocenters. The van der Waals surface area contributed by atoms with E-state index in [1.165, 1.54) is 4.31 Å². The summed E-state index contributed by atoms with van der Waals surface area (Å²) in [5, 5.41) is 2.94. The van der Waals surface area contributed by atoms with E-state index >= 15 is 0 Å². The maximum atomic E-state index is 13.3. The third-order valence-electron chi connectivity index (χ3n) is 5.06. The third-order valence-corrected chi connectivity index (χ3v) is 7.10. The van der Waals surface area contributed by atoms with E-state index in [1.807, 2.05) is 0 Å². The molecular formula is C20H23N3O4S. The normalized spacial score (nSPS) is 22.8. The maximum Gasteiger partial charge on any atom is 0.244 e. The standard InChI is InChI=1S/C20H23N3O4S/c1-14-5-2-3-7-19(14)28(25,26)23-13-17(27-16-6-4-10-21-12-16)11-18(23)20(24)22-15-8-9-15/h2-7,10,12,15,17-18H,8-9,11,13H2,1H3,(H,22,24)/t17-,18-/m0/s1. The summed E-state index contributed by atoms with van der Waals surface area (Å²) in [7, 11) is -3.83. The highest BCUT2D eigenvalue weighted by atomic mass is 32.2. The van der Waals surface area contributed by atoms with Crippen molar-refractivity contribution < 1.29 is 17.9 Å². The molecule has 28 heavy (non-hydrogen) atoms. The predicted octanol–water partition coefficient (Wildman–Crippen LogP) is 1.88. The lowest BCUT2D eigenvalue weighted by Crippen LogP contribution is -2.46. The van der Waals surface area contributed by atoms with E-state index in [1.54, 1.807) is 55.7 Å². The molecule has 2 fully saturated rings. The predicted molar refractivity (Wildman–Crippen MR) is 103 cm³/mol. The van der Waals surface area contributed by atoms with Crippen LogP contribution < -0.4 is 10.1 Å². The van der Waals surface area contributed by atoms with Gasteiger partial charge in [-0.25, -0.2) is 8.42 Å². The molecule has 1 aromatic heterocycles. The van der Waals surface area contributed by atoms with Crippen molar-refractivity contribution >= 4 is 15.9 Å². The molecule has 7 nitrogen and oxygen atoms in total. The molecule has 1 amide bonds. The number of carbonyl (C=O) groups excluding carboxylic acids is 1. The Morgan fingerprint density at radius 2 is 2.00 bits per heavy atom. The van der Waals surface area contributed by atoms with Gasteiger partial charge in [-0.05, 0) is 43.5 Å². The van der Waals surface area contributed by atoms with Gasteiger partial charge in [-0.2, -0.15) is 4.31 Å². The summed E-state index contributed by atoms with van der Waals surface area (Å²) in [6, 6.07) is 9.72. The van der Waals surface area contributed by atoms with Crippen LogP contribution >= 0.6 is 0 Å². The molecule has 0 radical (unpaired) electrons. The van der Waals surface area contributed by atoms with Gasteiger partial charge in [-0.15, -0.1) is 0 Å². The second-order valence-electron chi connectivity index (χ2n) is 7.30. The Bertz CT molecular complexity index is 960. The minimum absolute atomic E-state index is 0.119. The zero-order chi connectivity index (χ0) is 19.7. The van der Waals surface area contributed by atoms with Gasteiger partial charge < -0.3 is 10.1 Å². The third kappa shape index (κ3) is 3.88. The van der Waals surface area contributed by atoms with E-state index in [0.29, 0.717) is 17.7 Å². The van der Waals surface area contributed by atoms with Crippen molar-refractivity contribution in [3.63, 3.8) is 0 Å². The average molecular weight is 401 g/mol. The van der Waals surface area contributed by atoms with E-state index in [0.717, 1.165) is 12.8 Å². The summed E-state index contributed by atoms with van der Waals surface area (Å²) in [4.78, 5) is 17.0. The fourth-order valence-electron chi connectivity index (χ4n) is 3.46. The first-order valence-electron chi connectivity index (χ1n) is 9.39. The highest BCUT2D eigenvalue weighted by molar-refractivity contribution is 7.89. The van der Waals surface area contributed by atoms with Crippen LogP contribution in [-0.4, -0.2) is 48.3 Å².